The summed E-state index contributed by atoms with van der Waals surface area (Å²) in [6, 6.07) is -3.28. The monoisotopic (exact) mass is 1600 g/mol. The normalized spacial score (nSPS) is 23.3. The third kappa shape index (κ3) is 40.5. The van der Waals surface area contributed by atoms with Gasteiger partial charge in [-0.2, -0.15) is 0 Å². The summed E-state index contributed by atoms with van der Waals surface area (Å²) >= 11 is 0. The highest BCUT2D eigenvalue weighted by Gasteiger charge is 2.53. The number of amides is 6. The zero-order valence-electron chi connectivity index (χ0n) is 64.5. The molecule has 3 aliphatic heterocycles. The lowest BCUT2D eigenvalue weighted by molar-refractivity contribution is -0.573. The predicted molar refractivity (Wildman–Crippen MR) is 370 cm³/mol. The molecule has 3 rings (SSSR count). The van der Waals surface area contributed by atoms with Gasteiger partial charge < -0.3 is 127 Å². The van der Waals surface area contributed by atoms with E-state index in [0.29, 0.717) is 0 Å². The SMILES string of the molecule is CC(=O)NC1C(OC(C)=O)CC(COC(C)=O)OC1OCCOCCOCCNC(=O)CCC(CCC(=O)NCCOCCOCCOC1OC(COC(C)=O)C(OC(C)=O)C(OC(C)=O)C1NC(C)=O)(CCC(=O)NCCOCCOCCOC1OC(COC(C)=O)C(OC(C)=O)C(OC(C)=O)C1NC(C)=O)[N+](=O)[O-]. The van der Waals surface area contributed by atoms with Gasteiger partial charge >= 0.3 is 47.8 Å². The molecule has 111 heavy (non-hydrogen) atoms. The van der Waals surface area contributed by atoms with Crippen molar-refractivity contribution in [3.63, 3.8) is 0 Å². The minimum atomic E-state index is -1.95. The number of esters is 8. The number of carbonyl (C=O) groups excluding carboxylic acids is 14. The van der Waals surface area contributed by atoms with Gasteiger partial charge in [0.15, 0.2) is 43.3 Å². The Morgan fingerprint density at radius 1 is 0.360 bits per heavy atom. The molecule has 3 saturated heterocycles. The molecule has 0 bridgehead atoms. The maximum absolute atomic E-state index is 13.2. The van der Waals surface area contributed by atoms with Crippen LogP contribution in [0.25, 0.3) is 0 Å². The molecular formula is C68H109N7O36. The quantitative estimate of drug-likeness (QED) is 0.0118. The molecule has 14 unspecified atom stereocenters. The molecule has 3 heterocycles. The lowest BCUT2D eigenvalue weighted by Crippen LogP contribution is -2.66. The molecule has 0 aromatic heterocycles. The van der Waals surface area contributed by atoms with E-state index in [4.69, 9.17) is 94.7 Å². The fourth-order valence-corrected chi connectivity index (χ4v) is 11.3. The number of carbonyl (C=O) groups is 14. The molecule has 0 aromatic rings. The van der Waals surface area contributed by atoms with Gasteiger partial charge in [-0.15, -0.1) is 0 Å². The minimum absolute atomic E-state index is 0.00668. The Morgan fingerprint density at radius 2 is 0.649 bits per heavy atom. The molecule has 0 saturated carbocycles. The van der Waals surface area contributed by atoms with Gasteiger partial charge in [-0.25, -0.2) is 0 Å². The zero-order chi connectivity index (χ0) is 82.4. The third-order valence-electron chi connectivity index (χ3n) is 16.0. The highest BCUT2D eigenvalue weighted by atomic mass is 16.7. The van der Waals surface area contributed by atoms with Crippen LogP contribution in [0.3, 0.4) is 0 Å². The fraction of sp³-hybridized carbons (Fsp3) is 0.794. The summed E-state index contributed by atoms with van der Waals surface area (Å²) in [5.41, 5.74) is -1.95. The topological polar surface area (TPSA) is 539 Å². The van der Waals surface area contributed by atoms with Crippen molar-refractivity contribution >= 4 is 83.2 Å². The molecule has 43 heteroatoms. The maximum Gasteiger partial charge on any atom is 0.303 e. The second-order valence-corrected chi connectivity index (χ2v) is 25.3. The van der Waals surface area contributed by atoms with Crippen molar-refractivity contribution in [3.05, 3.63) is 10.1 Å². The molecule has 14 atom stereocenters. The molecule has 6 N–H and O–H groups in total. The van der Waals surface area contributed by atoms with Crippen LogP contribution in [0, 0.1) is 10.1 Å². The van der Waals surface area contributed by atoms with Crippen molar-refractivity contribution in [1.29, 1.82) is 0 Å². The Bertz CT molecular complexity index is 2860. The van der Waals surface area contributed by atoms with Crippen LogP contribution >= 0.6 is 0 Å². The van der Waals surface area contributed by atoms with Crippen LogP contribution in [0.4, 0.5) is 0 Å². The van der Waals surface area contributed by atoms with E-state index in [-0.39, 0.29) is 170 Å². The minimum Gasteiger partial charge on any atom is -0.463 e. The van der Waals surface area contributed by atoms with Gasteiger partial charge in [0.2, 0.25) is 41.0 Å². The number of hydrogen-bond donors (Lipinski definition) is 6. The van der Waals surface area contributed by atoms with Crippen LogP contribution < -0.4 is 31.9 Å². The second-order valence-electron chi connectivity index (χ2n) is 25.3. The number of hydrogen-bond acceptors (Lipinski definition) is 36. The van der Waals surface area contributed by atoms with Gasteiger partial charge in [-0.05, 0) is 0 Å². The van der Waals surface area contributed by atoms with Crippen LogP contribution in [0.2, 0.25) is 0 Å². The molecule has 0 spiro atoms. The van der Waals surface area contributed by atoms with Gasteiger partial charge in [0.1, 0.15) is 56.3 Å². The highest BCUT2D eigenvalue weighted by molar-refractivity contribution is 5.78. The molecule has 0 aromatic carbocycles. The number of nitro groups is 1. The average molecular weight is 1600 g/mol. The van der Waals surface area contributed by atoms with Crippen molar-refractivity contribution in [3.8, 4) is 0 Å². The molecule has 0 radical (unpaired) electrons. The first-order chi connectivity index (χ1) is 52.7. The summed E-state index contributed by atoms with van der Waals surface area (Å²) in [6.45, 7) is 11.5. The van der Waals surface area contributed by atoms with Gasteiger partial charge in [0, 0.05) is 146 Å². The lowest BCUT2D eigenvalue weighted by atomic mass is 9.84. The Kier molecular flexibility index (Phi) is 46.6. The van der Waals surface area contributed by atoms with Gasteiger partial charge in [0.05, 0.1) is 105 Å². The Labute approximate surface area is 641 Å². The Hall–Kier alpha value is -8.50. The van der Waals surface area contributed by atoms with E-state index in [0.717, 1.165) is 41.5 Å². The van der Waals surface area contributed by atoms with Crippen LogP contribution in [0.5, 0.6) is 0 Å². The summed E-state index contributed by atoms with van der Waals surface area (Å²) in [5.74, 6) is -9.00. The first-order valence-electron chi connectivity index (χ1n) is 36.0. The van der Waals surface area contributed by atoms with Gasteiger partial charge in [-0.3, -0.25) is 77.2 Å². The van der Waals surface area contributed by atoms with E-state index >= 15 is 0 Å². The molecule has 3 aliphatic rings. The van der Waals surface area contributed by atoms with Gasteiger partial charge in [-0.1, -0.05) is 0 Å². The van der Waals surface area contributed by atoms with Crippen molar-refractivity contribution in [1.82, 2.24) is 31.9 Å². The third-order valence-corrected chi connectivity index (χ3v) is 16.0. The number of nitrogens with one attached hydrogen (secondary N) is 6. The van der Waals surface area contributed by atoms with E-state index in [1.165, 1.54) is 34.6 Å². The van der Waals surface area contributed by atoms with Crippen LogP contribution in [-0.2, 0) is 162 Å². The summed E-state index contributed by atoms with van der Waals surface area (Å²) in [5, 5.41) is 28.8. The molecule has 632 valence electrons. The van der Waals surface area contributed by atoms with Crippen LogP contribution in [-0.4, -0.2) is 318 Å². The van der Waals surface area contributed by atoms with E-state index < -0.39 is 193 Å². The van der Waals surface area contributed by atoms with E-state index in [1.54, 1.807) is 0 Å². The van der Waals surface area contributed by atoms with Gasteiger partial charge in [0.25, 0.3) is 0 Å². The first kappa shape index (κ1) is 96.7. The van der Waals surface area contributed by atoms with Crippen LogP contribution in [0.15, 0.2) is 0 Å². The van der Waals surface area contributed by atoms with Crippen LogP contribution in [0.1, 0.15) is 121 Å². The molecular weight excluding hydrogens is 1490 g/mol. The summed E-state index contributed by atoms with van der Waals surface area (Å²) in [7, 11) is 0. The molecule has 3 fully saturated rings. The molecule has 0 aliphatic carbocycles. The van der Waals surface area contributed by atoms with Crippen molar-refractivity contribution < 1.29 is 167 Å². The lowest BCUT2D eigenvalue weighted by Gasteiger charge is -2.44. The molecule has 43 nitrogen and oxygen atoms in total. The zero-order valence-corrected chi connectivity index (χ0v) is 64.5. The van der Waals surface area contributed by atoms with E-state index in [9.17, 15) is 77.2 Å². The molecule has 6 amide bonds. The second kappa shape index (κ2) is 53.4. The largest absolute Gasteiger partial charge is 0.463 e. The summed E-state index contributed by atoms with van der Waals surface area (Å²) in [6.07, 6.45) is -15.2. The summed E-state index contributed by atoms with van der Waals surface area (Å²) in [4.78, 5) is 184. The fourth-order valence-electron chi connectivity index (χ4n) is 11.3. The average Bonchev–Trinajstić information content (AvgIpc) is 0.792. The Balaban J connectivity index is 1.54. The number of ether oxygens (including phenoxy) is 20. The Morgan fingerprint density at radius 3 is 0.955 bits per heavy atom. The van der Waals surface area contributed by atoms with Crippen molar-refractivity contribution in [2.75, 3.05) is 139 Å². The number of rotatable bonds is 54. The first-order valence-corrected chi connectivity index (χ1v) is 36.0. The highest BCUT2D eigenvalue weighted by Crippen LogP contribution is 2.32. The van der Waals surface area contributed by atoms with Crippen molar-refractivity contribution in [2.24, 2.45) is 0 Å². The maximum atomic E-state index is 13.2. The standard InChI is InChI=1S/C68H109N7O36/c1-40(76)72-58-52(104-46(7)82)36-51(37-101-43(4)79)109-65(58)98-33-30-95-27-24-92-21-18-69-55(87)12-15-68(75(90)91,16-13-56(88)70-19-22-93-25-28-96-31-34-99-66-59(73-41(2)77)63(107-49(10)85)61(105-47(8)83)53(110-66)38-102-44(5)80)17-14-57(89)71-20-23-94-26-29-97-32-35-100-67-60(74-42(3)78)64(108-50(11)86)62(106-48(9)84)54(111-67)39-103-45(6)81/h51-54,58-67H,12-39H2,1-11H3,(H,69,87)(H,70,88)(H,71,89)(H,72,76)(H,73,77)(H,74,78). The predicted octanol–water partition coefficient (Wildman–Crippen LogP) is -2.73. The van der Waals surface area contributed by atoms with E-state index in [1.807, 2.05) is 0 Å². The number of nitrogens with zero attached hydrogens (tertiary/aromatic N) is 1. The summed E-state index contributed by atoms with van der Waals surface area (Å²) < 4.78 is 111. The van der Waals surface area contributed by atoms with Crippen molar-refractivity contribution in [2.45, 2.75) is 212 Å². The smallest absolute Gasteiger partial charge is 0.303 e. The van der Waals surface area contributed by atoms with E-state index in [2.05, 4.69) is 31.9 Å².